The number of carboxylic acids is 1. The Morgan fingerprint density at radius 1 is 1.36 bits per heavy atom. The van der Waals surface area contributed by atoms with Crippen molar-refractivity contribution in [2.24, 2.45) is 0 Å². The Bertz CT molecular complexity index is 850. The molecule has 1 saturated heterocycles. The van der Waals surface area contributed by atoms with Crippen LogP contribution in [0, 0.1) is 0 Å². The fraction of sp³-hybridized carbons (Fsp3) is 0.235. The topological polar surface area (TPSA) is 87.2 Å². The van der Waals surface area contributed by atoms with Gasteiger partial charge in [0, 0.05) is 4.88 Å². The number of aldehydes is 1. The molecule has 2 aliphatic rings. The summed E-state index contributed by atoms with van der Waals surface area (Å²) in [5, 5.41) is 10.8. The van der Waals surface area contributed by atoms with Gasteiger partial charge in [-0.05, 0) is 17.2 Å². The van der Waals surface area contributed by atoms with E-state index in [9.17, 15) is 19.5 Å². The van der Waals surface area contributed by atoms with Crippen molar-refractivity contribution in [1.29, 1.82) is 0 Å². The maximum absolute atomic E-state index is 12.6. The van der Waals surface area contributed by atoms with Crippen LogP contribution in [0.4, 0.5) is 4.79 Å². The first-order valence-corrected chi connectivity index (χ1v) is 8.50. The SMILES string of the molecule is O=Cc1cc2c(s1)C(C(=O)O)N1CC2N(OCc2ccccc2)C1=O. The molecule has 25 heavy (non-hydrogen) atoms. The molecule has 1 fully saturated rings. The molecule has 128 valence electrons. The average molecular weight is 358 g/mol. The number of fused-ring (bicyclic) bond motifs is 4. The fourth-order valence-electron chi connectivity index (χ4n) is 3.26. The minimum atomic E-state index is -1.11. The molecular weight excluding hydrogens is 344 g/mol. The highest BCUT2D eigenvalue weighted by Crippen LogP contribution is 2.47. The van der Waals surface area contributed by atoms with Crippen molar-refractivity contribution >= 4 is 29.6 Å². The zero-order chi connectivity index (χ0) is 17.6. The molecule has 7 nitrogen and oxygen atoms in total. The summed E-state index contributed by atoms with van der Waals surface area (Å²) in [6.45, 7) is 0.432. The Balaban J connectivity index is 1.66. The lowest BCUT2D eigenvalue weighted by molar-refractivity contribution is -0.143. The number of hydroxylamine groups is 2. The summed E-state index contributed by atoms with van der Waals surface area (Å²) >= 11 is 1.11. The maximum atomic E-state index is 12.6. The minimum Gasteiger partial charge on any atom is -0.479 e. The van der Waals surface area contributed by atoms with Crippen molar-refractivity contribution in [2.45, 2.75) is 18.7 Å². The number of benzene rings is 1. The van der Waals surface area contributed by atoms with Crippen molar-refractivity contribution in [1.82, 2.24) is 9.96 Å². The van der Waals surface area contributed by atoms with Crippen molar-refractivity contribution in [3.63, 3.8) is 0 Å². The van der Waals surface area contributed by atoms with E-state index in [0.29, 0.717) is 21.6 Å². The van der Waals surface area contributed by atoms with E-state index in [0.717, 1.165) is 16.9 Å². The number of hydrogen-bond donors (Lipinski definition) is 1. The molecule has 1 aromatic carbocycles. The highest BCUT2D eigenvalue weighted by atomic mass is 32.1. The van der Waals surface area contributed by atoms with Crippen LogP contribution in [0.5, 0.6) is 0 Å². The molecule has 0 aliphatic carbocycles. The lowest BCUT2D eigenvalue weighted by atomic mass is 9.99. The van der Waals surface area contributed by atoms with Gasteiger partial charge in [-0.2, -0.15) is 5.06 Å². The maximum Gasteiger partial charge on any atom is 0.345 e. The molecule has 0 radical (unpaired) electrons. The van der Waals surface area contributed by atoms with Gasteiger partial charge < -0.3 is 10.0 Å². The normalized spacial score (nSPS) is 21.4. The standard InChI is InChI=1S/C17H14N2O5S/c20-8-11-6-12-13-7-18(14(16(21)22)15(12)25-11)17(23)19(13)24-9-10-4-2-1-3-5-10/h1-6,8,13-14H,7,9H2,(H,21,22). The average Bonchev–Trinajstić information content (AvgIpc) is 3.16. The largest absolute Gasteiger partial charge is 0.479 e. The van der Waals surface area contributed by atoms with Gasteiger partial charge in [-0.15, -0.1) is 11.3 Å². The third-order valence-electron chi connectivity index (χ3n) is 4.38. The monoisotopic (exact) mass is 358 g/mol. The van der Waals surface area contributed by atoms with E-state index in [2.05, 4.69) is 0 Å². The highest BCUT2D eigenvalue weighted by molar-refractivity contribution is 7.14. The van der Waals surface area contributed by atoms with Gasteiger partial charge in [0.25, 0.3) is 0 Å². The Hall–Kier alpha value is -2.71. The Labute approximate surface area is 147 Å². The minimum absolute atomic E-state index is 0.203. The third kappa shape index (κ3) is 2.50. The van der Waals surface area contributed by atoms with Gasteiger partial charge in [0.1, 0.15) is 12.6 Å². The second-order valence-corrected chi connectivity index (χ2v) is 6.98. The van der Waals surface area contributed by atoms with Gasteiger partial charge in [-0.3, -0.25) is 9.63 Å². The van der Waals surface area contributed by atoms with Crippen molar-refractivity contribution in [3.8, 4) is 0 Å². The zero-order valence-corrected chi connectivity index (χ0v) is 13.8. The number of urea groups is 1. The van der Waals surface area contributed by atoms with Crippen molar-refractivity contribution < 1.29 is 24.3 Å². The second-order valence-electron chi connectivity index (χ2n) is 5.86. The first-order chi connectivity index (χ1) is 12.1. The number of amides is 2. The van der Waals surface area contributed by atoms with Gasteiger partial charge >= 0.3 is 12.0 Å². The number of rotatable bonds is 5. The molecule has 0 saturated carbocycles. The Morgan fingerprint density at radius 2 is 2.12 bits per heavy atom. The van der Waals surface area contributed by atoms with E-state index in [-0.39, 0.29) is 13.2 Å². The van der Waals surface area contributed by atoms with Crippen LogP contribution in [0.15, 0.2) is 36.4 Å². The molecule has 2 bridgehead atoms. The molecule has 0 spiro atoms. The predicted octanol–water partition coefficient (Wildman–Crippen LogP) is 2.61. The van der Waals surface area contributed by atoms with E-state index in [1.54, 1.807) is 6.07 Å². The predicted molar refractivity (Wildman–Crippen MR) is 88.0 cm³/mol. The van der Waals surface area contributed by atoms with E-state index >= 15 is 0 Å². The van der Waals surface area contributed by atoms with Crippen LogP contribution < -0.4 is 0 Å². The first-order valence-electron chi connectivity index (χ1n) is 7.68. The lowest BCUT2D eigenvalue weighted by Gasteiger charge is -2.27. The zero-order valence-electron chi connectivity index (χ0n) is 13.0. The van der Waals surface area contributed by atoms with Gasteiger partial charge in [0.15, 0.2) is 12.3 Å². The van der Waals surface area contributed by atoms with Crippen LogP contribution >= 0.6 is 11.3 Å². The van der Waals surface area contributed by atoms with Crippen molar-refractivity contribution in [3.05, 3.63) is 57.3 Å². The number of carbonyl (C=O) groups excluding carboxylic acids is 2. The Kier molecular flexibility index (Phi) is 3.78. The first kappa shape index (κ1) is 15.8. The van der Waals surface area contributed by atoms with Gasteiger partial charge in [-0.25, -0.2) is 9.59 Å². The molecule has 2 aromatic rings. The molecule has 2 amide bonds. The van der Waals surface area contributed by atoms with Gasteiger partial charge in [0.2, 0.25) is 0 Å². The number of aliphatic carboxylic acids is 1. The van der Waals surface area contributed by atoms with Crippen LogP contribution in [-0.2, 0) is 16.2 Å². The second kappa shape index (κ2) is 5.98. The molecule has 2 unspecified atom stereocenters. The van der Waals surface area contributed by atoms with E-state index in [1.165, 1.54) is 9.96 Å². The van der Waals surface area contributed by atoms with Gasteiger partial charge in [0.05, 0.1) is 11.4 Å². The smallest absolute Gasteiger partial charge is 0.345 e. The summed E-state index contributed by atoms with van der Waals surface area (Å²) in [5.41, 5.74) is 1.58. The quantitative estimate of drug-likeness (QED) is 0.830. The van der Waals surface area contributed by atoms with E-state index in [1.807, 2.05) is 30.3 Å². The van der Waals surface area contributed by atoms with Gasteiger partial charge in [-0.1, -0.05) is 30.3 Å². The summed E-state index contributed by atoms with van der Waals surface area (Å²) < 4.78 is 0. The summed E-state index contributed by atoms with van der Waals surface area (Å²) in [5.74, 6) is -1.11. The number of nitrogens with zero attached hydrogens (tertiary/aromatic N) is 2. The van der Waals surface area contributed by atoms with E-state index in [4.69, 9.17) is 4.84 Å². The van der Waals surface area contributed by atoms with Crippen LogP contribution in [0.25, 0.3) is 0 Å². The number of carbonyl (C=O) groups is 3. The Morgan fingerprint density at radius 3 is 2.80 bits per heavy atom. The lowest BCUT2D eigenvalue weighted by Crippen LogP contribution is -2.37. The molecule has 1 aromatic heterocycles. The third-order valence-corrected chi connectivity index (χ3v) is 5.51. The summed E-state index contributed by atoms with van der Waals surface area (Å²) in [6.07, 6.45) is 0.696. The van der Waals surface area contributed by atoms with Crippen LogP contribution in [-0.4, -0.2) is 39.9 Å². The fourth-order valence-corrected chi connectivity index (χ4v) is 4.40. The summed E-state index contributed by atoms with van der Waals surface area (Å²) in [7, 11) is 0. The summed E-state index contributed by atoms with van der Waals surface area (Å²) in [6, 6.07) is 9.10. The molecule has 8 heteroatoms. The molecule has 4 rings (SSSR count). The van der Waals surface area contributed by atoms with Crippen LogP contribution in [0.3, 0.4) is 0 Å². The number of thiophene rings is 1. The molecule has 2 aliphatic heterocycles. The number of carboxylic acid groups (broad SMARTS) is 1. The number of hydrogen-bond acceptors (Lipinski definition) is 5. The van der Waals surface area contributed by atoms with Crippen LogP contribution in [0.1, 0.15) is 37.8 Å². The molecule has 1 N–H and O–H groups in total. The molecule has 2 atom stereocenters. The molecular formula is C17H14N2O5S. The van der Waals surface area contributed by atoms with Crippen LogP contribution in [0.2, 0.25) is 0 Å². The highest BCUT2D eigenvalue weighted by Gasteiger charge is 2.52. The van der Waals surface area contributed by atoms with E-state index < -0.39 is 24.1 Å². The molecule has 3 heterocycles. The van der Waals surface area contributed by atoms with Crippen molar-refractivity contribution in [2.75, 3.05) is 6.54 Å². The summed E-state index contributed by atoms with van der Waals surface area (Å²) in [4.78, 5) is 43.4.